The molecule has 2 fully saturated rings. The van der Waals surface area contributed by atoms with Gasteiger partial charge in [0.05, 0.1) is 12.2 Å². The third-order valence-corrected chi connectivity index (χ3v) is 5.04. The first-order chi connectivity index (χ1) is 11.1. The molecule has 0 N–H and O–H groups in total. The highest BCUT2D eigenvalue weighted by molar-refractivity contribution is 5.89. The Morgan fingerprint density at radius 2 is 1.96 bits per heavy atom. The van der Waals surface area contributed by atoms with Gasteiger partial charge < -0.3 is 9.47 Å². The van der Waals surface area contributed by atoms with Gasteiger partial charge in [-0.2, -0.15) is 0 Å². The smallest absolute Gasteiger partial charge is 0.338 e. The van der Waals surface area contributed by atoms with E-state index in [1.807, 2.05) is 13.1 Å². The molecule has 2 heterocycles. The van der Waals surface area contributed by atoms with Gasteiger partial charge in [0, 0.05) is 18.5 Å². The van der Waals surface area contributed by atoms with Crippen molar-refractivity contribution < 1.29 is 19.1 Å². The quantitative estimate of drug-likeness (QED) is 0.797. The average Bonchev–Trinajstić information content (AvgIpc) is 2.80. The first kappa shape index (κ1) is 16.0. The highest BCUT2D eigenvalue weighted by atomic mass is 16.6. The van der Waals surface area contributed by atoms with E-state index in [0.717, 1.165) is 12.8 Å². The number of ether oxygens (including phenoxy) is 2. The van der Waals surface area contributed by atoms with Gasteiger partial charge in [0.25, 0.3) is 0 Å². The van der Waals surface area contributed by atoms with Crippen LogP contribution < -0.4 is 0 Å². The number of rotatable bonds is 4. The SMILES string of the molecule is CCOC(=O)C1C2CCC(C[C@@H]1OC(=O)c1ccccc1)N2C. The predicted molar refractivity (Wildman–Crippen MR) is 85.0 cm³/mol. The maximum absolute atomic E-state index is 12.4. The molecule has 2 aliphatic heterocycles. The van der Waals surface area contributed by atoms with Gasteiger partial charge in [-0.1, -0.05) is 18.2 Å². The summed E-state index contributed by atoms with van der Waals surface area (Å²) in [5, 5.41) is 0. The number of hydrogen-bond donors (Lipinski definition) is 0. The van der Waals surface area contributed by atoms with E-state index in [0.29, 0.717) is 24.6 Å². The largest absolute Gasteiger partial charge is 0.466 e. The summed E-state index contributed by atoms with van der Waals surface area (Å²) in [6.45, 7) is 2.14. The Morgan fingerprint density at radius 3 is 2.65 bits per heavy atom. The molecule has 5 nitrogen and oxygen atoms in total. The molecule has 2 bridgehead atoms. The molecule has 0 saturated carbocycles. The molecule has 23 heavy (non-hydrogen) atoms. The fourth-order valence-corrected chi connectivity index (χ4v) is 3.87. The van der Waals surface area contributed by atoms with Crippen LogP contribution in [-0.2, 0) is 14.3 Å². The van der Waals surface area contributed by atoms with Crippen molar-refractivity contribution in [1.82, 2.24) is 4.90 Å². The van der Waals surface area contributed by atoms with E-state index in [1.165, 1.54) is 0 Å². The monoisotopic (exact) mass is 317 g/mol. The zero-order valence-corrected chi connectivity index (χ0v) is 13.6. The van der Waals surface area contributed by atoms with Crippen molar-refractivity contribution in [3.05, 3.63) is 35.9 Å². The van der Waals surface area contributed by atoms with Crippen molar-refractivity contribution >= 4 is 11.9 Å². The Hall–Kier alpha value is -1.88. The first-order valence-corrected chi connectivity index (χ1v) is 8.26. The maximum atomic E-state index is 12.4. The molecule has 0 aliphatic carbocycles. The second-order valence-corrected chi connectivity index (χ2v) is 6.29. The minimum absolute atomic E-state index is 0.0985. The molecule has 0 radical (unpaired) electrons. The van der Waals surface area contributed by atoms with Crippen molar-refractivity contribution in [2.45, 2.75) is 44.4 Å². The number of esters is 2. The molecule has 0 aromatic heterocycles. The first-order valence-electron chi connectivity index (χ1n) is 8.26. The molecular formula is C18H23NO4. The molecule has 3 unspecified atom stereocenters. The normalized spacial score (nSPS) is 30.0. The van der Waals surface area contributed by atoms with Gasteiger partial charge in [0.2, 0.25) is 0 Å². The summed E-state index contributed by atoms with van der Waals surface area (Å²) < 4.78 is 11.0. The Labute approximate surface area is 136 Å². The van der Waals surface area contributed by atoms with E-state index in [4.69, 9.17) is 9.47 Å². The molecule has 1 aromatic rings. The maximum Gasteiger partial charge on any atom is 0.338 e. The van der Waals surface area contributed by atoms with Crippen LogP contribution in [0.3, 0.4) is 0 Å². The predicted octanol–water partition coefficient (Wildman–Crippen LogP) is 2.26. The van der Waals surface area contributed by atoms with E-state index in [9.17, 15) is 9.59 Å². The molecule has 2 saturated heterocycles. The topological polar surface area (TPSA) is 55.8 Å². The van der Waals surface area contributed by atoms with Gasteiger partial charge in [-0.3, -0.25) is 9.69 Å². The average molecular weight is 317 g/mol. The zero-order chi connectivity index (χ0) is 16.4. The highest BCUT2D eigenvalue weighted by Crippen LogP contribution is 2.40. The fourth-order valence-electron chi connectivity index (χ4n) is 3.87. The van der Waals surface area contributed by atoms with Crippen LogP contribution in [0.15, 0.2) is 30.3 Å². The number of carbonyl (C=O) groups is 2. The third-order valence-electron chi connectivity index (χ3n) is 5.04. The van der Waals surface area contributed by atoms with E-state index < -0.39 is 12.0 Å². The highest BCUT2D eigenvalue weighted by Gasteiger charge is 2.51. The van der Waals surface area contributed by atoms with Gasteiger partial charge in [-0.15, -0.1) is 0 Å². The van der Waals surface area contributed by atoms with Crippen molar-refractivity contribution in [3.63, 3.8) is 0 Å². The summed E-state index contributed by atoms with van der Waals surface area (Å²) in [5.41, 5.74) is 0.515. The number of nitrogens with zero attached hydrogens (tertiary/aromatic N) is 1. The summed E-state index contributed by atoms with van der Waals surface area (Å²) in [7, 11) is 2.05. The number of fused-ring (bicyclic) bond motifs is 2. The van der Waals surface area contributed by atoms with Crippen LogP contribution in [-0.4, -0.2) is 48.7 Å². The van der Waals surface area contributed by atoms with Crippen LogP contribution in [0.2, 0.25) is 0 Å². The zero-order valence-electron chi connectivity index (χ0n) is 13.6. The number of hydrogen-bond acceptors (Lipinski definition) is 5. The van der Waals surface area contributed by atoms with Crippen LogP contribution in [0.4, 0.5) is 0 Å². The number of piperidine rings is 1. The number of carbonyl (C=O) groups excluding carboxylic acids is 2. The summed E-state index contributed by atoms with van der Waals surface area (Å²) in [6.07, 6.45) is 2.27. The standard InChI is InChI=1S/C18H23NO4/c1-3-22-18(21)16-14-10-9-13(19(14)2)11-15(16)23-17(20)12-7-5-4-6-8-12/h4-8,13-16H,3,9-11H2,1-2H3/t13?,14?,15-,16?/m0/s1. The van der Waals surface area contributed by atoms with E-state index >= 15 is 0 Å². The Bertz CT molecular complexity index is 574. The summed E-state index contributed by atoms with van der Waals surface area (Å²) in [6, 6.07) is 9.39. The molecule has 3 rings (SSSR count). The Balaban J connectivity index is 1.78. The molecule has 0 spiro atoms. The Morgan fingerprint density at radius 1 is 1.22 bits per heavy atom. The van der Waals surface area contributed by atoms with Crippen LogP contribution in [0.25, 0.3) is 0 Å². The van der Waals surface area contributed by atoms with E-state index in [1.54, 1.807) is 31.2 Å². The molecular weight excluding hydrogens is 294 g/mol. The molecule has 0 amide bonds. The molecule has 1 aromatic carbocycles. The molecule has 2 aliphatic rings. The van der Waals surface area contributed by atoms with Crippen molar-refractivity contribution in [1.29, 1.82) is 0 Å². The van der Waals surface area contributed by atoms with Gasteiger partial charge in [-0.05, 0) is 38.9 Å². The molecule has 4 atom stereocenters. The molecule has 124 valence electrons. The summed E-state index contributed by atoms with van der Waals surface area (Å²) >= 11 is 0. The van der Waals surface area contributed by atoms with Gasteiger partial charge in [-0.25, -0.2) is 4.79 Å². The lowest BCUT2D eigenvalue weighted by atomic mass is 9.87. The van der Waals surface area contributed by atoms with Crippen LogP contribution >= 0.6 is 0 Å². The summed E-state index contributed by atoms with van der Waals surface area (Å²) in [4.78, 5) is 27.0. The molecule has 5 heteroatoms. The summed E-state index contributed by atoms with van der Waals surface area (Å²) in [5.74, 6) is -1.02. The lowest BCUT2D eigenvalue weighted by Gasteiger charge is -2.40. The van der Waals surface area contributed by atoms with Crippen molar-refractivity contribution in [2.24, 2.45) is 5.92 Å². The van der Waals surface area contributed by atoms with E-state index in [-0.39, 0.29) is 18.0 Å². The van der Waals surface area contributed by atoms with Crippen LogP contribution in [0.1, 0.15) is 36.5 Å². The minimum atomic E-state index is -0.407. The fraction of sp³-hybridized carbons (Fsp3) is 0.556. The second kappa shape index (κ2) is 6.71. The lowest BCUT2D eigenvalue weighted by Crippen LogP contribution is -2.53. The van der Waals surface area contributed by atoms with Crippen LogP contribution in [0.5, 0.6) is 0 Å². The van der Waals surface area contributed by atoms with Gasteiger partial charge in [0.15, 0.2) is 0 Å². The van der Waals surface area contributed by atoms with Gasteiger partial charge >= 0.3 is 11.9 Å². The van der Waals surface area contributed by atoms with E-state index in [2.05, 4.69) is 4.90 Å². The van der Waals surface area contributed by atoms with Crippen molar-refractivity contribution in [3.8, 4) is 0 Å². The van der Waals surface area contributed by atoms with Crippen molar-refractivity contribution in [2.75, 3.05) is 13.7 Å². The van der Waals surface area contributed by atoms with Gasteiger partial charge in [0.1, 0.15) is 12.0 Å². The Kier molecular flexibility index (Phi) is 4.66. The van der Waals surface area contributed by atoms with Crippen LogP contribution in [0, 0.1) is 5.92 Å². The number of benzene rings is 1. The lowest BCUT2D eigenvalue weighted by molar-refractivity contribution is -0.158. The minimum Gasteiger partial charge on any atom is -0.466 e. The third kappa shape index (κ3) is 3.11. The second-order valence-electron chi connectivity index (χ2n) is 6.29.